The molecule has 1 aromatic carbocycles. The van der Waals surface area contributed by atoms with Gasteiger partial charge in [0.1, 0.15) is 0 Å². The molecule has 2 heterocycles. The first-order chi connectivity index (χ1) is 11.1. The number of carbonyl (C=O) groups excluding carboxylic acids is 2. The van der Waals surface area contributed by atoms with Crippen molar-refractivity contribution in [3.63, 3.8) is 0 Å². The van der Waals surface area contributed by atoms with Gasteiger partial charge in [-0.25, -0.2) is 0 Å². The smallest absolute Gasteiger partial charge is 0.238 e. The van der Waals surface area contributed by atoms with Crippen molar-refractivity contribution < 1.29 is 9.59 Å². The number of likely N-dealkylation sites (tertiary alicyclic amines) is 1. The maximum atomic E-state index is 12.5. The van der Waals surface area contributed by atoms with Crippen LogP contribution in [0.4, 0.5) is 5.69 Å². The fourth-order valence-electron chi connectivity index (χ4n) is 3.06. The number of hydrogen-bond donors (Lipinski definition) is 2. The molecule has 2 N–H and O–H groups in total. The van der Waals surface area contributed by atoms with Gasteiger partial charge in [-0.2, -0.15) is 0 Å². The molecule has 2 atom stereocenters. The second-order valence-corrected chi connectivity index (χ2v) is 7.67. The summed E-state index contributed by atoms with van der Waals surface area (Å²) in [6.07, 6.45) is 1.27. The van der Waals surface area contributed by atoms with Gasteiger partial charge in [-0.05, 0) is 44.1 Å². The standard InChI is InChI=1S/C16H20ClN3O2S/c1-18-8-10-4-5-20(9-10)15(21)7-14-16(22)19-12-6-11(17)2-3-13(12)23-14/h2-3,6,10,14,18H,4-5,7-9H2,1H3,(H,19,22). The molecule has 1 aromatic rings. The molecule has 0 aromatic heterocycles. The fraction of sp³-hybridized carbons (Fsp3) is 0.500. The Morgan fingerprint density at radius 3 is 3.13 bits per heavy atom. The molecular weight excluding hydrogens is 334 g/mol. The van der Waals surface area contributed by atoms with E-state index in [1.54, 1.807) is 12.1 Å². The van der Waals surface area contributed by atoms with Crippen molar-refractivity contribution in [2.75, 3.05) is 32.0 Å². The van der Waals surface area contributed by atoms with E-state index in [0.717, 1.165) is 36.6 Å². The predicted molar refractivity (Wildman–Crippen MR) is 93.0 cm³/mol. The number of hydrogen-bond acceptors (Lipinski definition) is 4. The lowest BCUT2D eigenvalue weighted by atomic mass is 10.1. The Kier molecular flexibility index (Phi) is 5.14. The lowest BCUT2D eigenvalue weighted by Gasteiger charge is -2.25. The van der Waals surface area contributed by atoms with Crippen molar-refractivity contribution in [3.05, 3.63) is 23.2 Å². The van der Waals surface area contributed by atoms with Crippen molar-refractivity contribution >= 4 is 40.9 Å². The first-order valence-corrected chi connectivity index (χ1v) is 9.02. The van der Waals surface area contributed by atoms with Gasteiger partial charge < -0.3 is 15.5 Å². The molecule has 5 nitrogen and oxygen atoms in total. The summed E-state index contributed by atoms with van der Waals surface area (Å²) in [5.74, 6) is 0.456. The van der Waals surface area contributed by atoms with E-state index in [1.807, 2.05) is 18.0 Å². The lowest BCUT2D eigenvalue weighted by Crippen LogP contribution is -2.37. The Labute approximate surface area is 145 Å². The molecule has 2 aliphatic rings. The summed E-state index contributed by atoms with van der Waals surface area (Å²) in [5, 5.41) is 6.22. The third-order valence-corrected chi connectivity index (χ3v) is 5.76. The van der Waals surface area contributed by atoms with Crippen molar-refractivity contribution in [1.29, 1.82) is 0 Å². The topological polar surface area (TPSA) is 61.4 Å². The summed E-state index contributed by atoms with van der Waals surface area (Å²) in [7, 11) is 1.93. The third-order valence-electron chi connectivity index (χ3n) is 4.25. The van der Waals surface area contributed by atoms with Crippen LogP contribution in [0.3, 0.4) is 0 Å². The highest BCUT2D eigenvalue weighted by Gasteiger charge is 2.32. The van der Waals surface area contributed by atoms with Gasteiger partial charge in [0, 0.05) is 29.4 Å². The minimum absolute atomic E-state index is 0.0636. The summed E-state index contributed by atoms with van der Waals surface area (Å²) in [6.45, 7) is 2.50. The average Bonchev–Trinajstić information content (AvgIpc) is 2.97. The minimum Gasteiger partial charge on any atom is -0.342 e. The lowest BCUT2D eigenvalue weighted by molar-refractivity contribution is -0.131. The molecule has 23 heavy (non-hydrogen) atoms. The Hall–Kier alpha value is -1.24. The third kappa shape index (κ3) is 3.82. The van der Waals surface area contributed by atoms with Crippen LogP contribution in [0.15, 0.2) is 23.1 Å². The van der Waals surface area contributed by atoms with Crippen molar-refractivity contribution in [2.24, 2.45) is 5.92 Å². The number of thioether (sulfide) groups is 1. The summed E-state index contributed by atoms with van der Waals surface area (Å²) in [6, 6.07) is 5.42. The molecule has 1 saturated heterocycles. The fourth-order valence-corrected chi connectivity index (χ4v) is 4.31. The number of nitrogens with one attached hydrogen (secondary N) is 2. The summed E-state index contributed by atoms with van der Waals surface area (Å²) >= 11 is 7.39. The van der Waals surface area contributed by atoms with E-state index in [2.05, 4.69) is 10.6 Å². The Balaban J connectivity index is 1.61. The van der Waals surface area contributed by atoms with E-state index in [1.165, 1.54) is 11.8 Å². The predicted octanol–water partition coefficient (Wildman–Crippen LogP) is 2.21. The molecule has 2 unspecified atom stereocenters. The Morgan fingerprint density at radius 1 is 1.52 bits per heavy atom. The van der Waals surface area contributed by atoms with E-state index in [0.29, 0.717) is 10.9 Å². The van der Waals surface area contributed by atoms with Crippen LogP contribution < -0.4 is 10.6 Å². The number of anilines is 1. The first kappa shape index (κ1) is 16.6. The quantitative estimate of drug-likeness (QED) is 0.871. The van der Waals surface area contributed by atoms with Crippen LogP contribution in [0.25, 0.3) is 0 Å². The second-order valence-electron chi connectivity index (χ2n) is 5.99. The van der Waals surface area contributed by atoms with Crippen molar-refractivity contribution in [1.82, 2.24) is 10.2 Å². The number of halogens is 1. The SMILES string of the molecule is CNCC1CCN(C(=O)CC2Sc3ccc(Cl)cc3NC2=O)C1. The van der Waals surface area contributed by atoms with Crippen molar-refractivity contribution in [3.8, 4) is 0 Å². The summed E-state index contributed by atoms with van der Waals surface area (Å²) in [4.78, 5) is 27.5. The van der Waals surface area contributed by atoms with Gasteiger partial charge in [0.2, 0.25) is 11.8 Å². The molecule has 3 rings (SSSR count). The van der Waals surface area contributed by atoms with E-state index in [9.17, 15) is 9.59 Å². The average molecular weight is 354 g/mol. The second kappa shape index (κ2) is 7.11. The molecule has 0 saturated carbocycles. The van der Waals surface area contributed by atoms with Gasteiger partial charge in [0.25, 0.3) is 0 Å². The minimum atomic E-state index is -0.375. The van der Waals surface area contributed by atoms with Gasteiger partial charge in [-0.15, -0.1) is 11.8 Å². The van der Waals surface area contributed by atoms with E-state index < -0.39 is 0 Å². The van der Waals surface area contributed by atoms with E-state index >= 15 is 0 Å². The van der Waals surface area contributed by atoms with Gasteiger partial charge in [-0.3, -0.25) is 9.59 Å². The number of nitrogens with zero attached hydrogens (tertiary/aromatic N) is 1. The van der Waals surface area contributed by atoms with E-state index in [4.69, 9.17) is 11.6 Å². The summed E-state index contributed by atoms with van der Waals surface area (Å²) < 4.78 is 0. The molecule has 2 amide bonds. The maximum Gasteiger partial charge on any atom is 0.238 e. The molecule has 124 valence electrons. The van der Waals surface area contributed by atoms with Gasteiger partial charge in [0.05, 0.1) is 10.9 Å². The number of rotatable bonds is 4. The zero-order valence-electron chi connectivity index (χ0n) is 13.0. The van der Waals surface area contributed by atoms with Crippen molar-refractivity contribution in [2.45, 2.75) is 23.0 Å². The monoisotopic (exact) mass is 353 g/mol. The van der Waals surface area contributed by atoms with Crippen LogP contribution in [0.5, 0.6) is 0 Å². The number of fused-ring (bicyclic) bond motifs is 1. The zero-order chi connectivity index (χ0) is 16.4. The normalized spacial score (nSPS) is 23.6. The first-order valence-electron chi connectivity index (χ1n) is 7.76. The highest BCUT2D eigenvalue weighted by Crippen LogP contribution is 2.38. The molecule has 0 bridgehead atoms. The zero-order valence-corrected chi connectivity index (χ0v) is 14.5. The largest absolute Gasteiger partial charge is 0.342 e. The summed E-state index contributed by atoms with van der Waals surface area (Å²) in [5.41, 5.74) is 0.728. The maximum absolute atomic E-state index is 12.5. The molecule has 1 fully saturated rings. The molecule has 7 heteroatoms. The number of carbonyl (C=O) groups is 2. The van der Waals surface area contributed by atoms with Crippen LogP contribution in [0, 0.1) is 5.92 Å². The van der Waals surface area contributed by atoms with E-state index in [-0.39, 0.29) is 23.5 Å². The van der Waals surface area contributed by atoms with Gasteiger partial charge in [-0.1, -0.05) is 11.6 Å². The van der Waals surface area contributed by atoms with Crippen LogP contribution in [0.1, 0.15) is 12.8 Å². The van der Waals surface area contributed by atoms with Crippen LogP contribution >= 0.6 is 23.4 Å². The molecule has 0 radical (unpaired) electrons. The molecule has 0 aliphatic carbocycles. The Morgan fingerprint density at radius 2 is 2.35 bits per heavy atom. The van der Waals surface area contributed by atoms with Crippen LogP contribution in [-0.2, 0) is 9.59 Å². The van der Waals surface area contributed by atoms with Crippen LogP contribution in [-0.4, -0.2) is 48.6 Å². The highest BCUT2D eigenvalue weighted by molar-refractivity contribution is 8.01. The molecule has 0 spiro atoms. The number of benzene rings is 1. The molecule has 2 aliphatic heterocycles. The van der Waals surface area contributed by atoms with Gasteiger partial charge in [0.15, 0.2) is 0 Å². The van der Waals surface area contributed by atoms with Gasteiger partial charge >= 0.3 is 0 Å². The highest BCUT2D eigenvalue weighted by atomic mass is 35.5. The van der Waals surface area contributed by atoms with Crippen LogP contribution in [0.2, 0.25) is 5.02 Å². The number of amides is 2. The Bertz CT molecular complexity index is 625. The molecular formula is C16H20ClN3O2S.